The van der Waals surface area contributed by atoms with E-state index >= 15 is 0 Å². The Hall–Kier alpha value is -1.31. The first-order valence-electron chi connectivity index (χ1n) is 8.58. The summed E-state index contributed by atoms with van der Waals surface area (Å²) in [5, 5.41) is 0. The number of hydrogen-bond donors (Lipinski definition) is 0. The summed E-state index contributed by atoms with van der Waals surface area (Å²) < 4.78 is 14.1. The molecule has 0 radical (unpaired) electrons. The summed E-state index contributed by atoms with van der Waals surface area (Å²) in [7, 11) is 0. The number of benzene rings is 2. The summed E-state index contributed by atoms with van der Waals surface area (Å²) in [6.07, 6.45) is 0.568. The zero-order chi connectivity index (χ0) is 17.6. The lowest BCUT2D eigenvalue weighted by Crippen LogP contribution is -2.46. The second-order valence-electron chi connectivity index (χ2n) is 6.42. The first-order chi connectivity index (χ1) is 12.1. The van der Waals surface area contributed by atoms with Crippen LogP contribution in [0.1, 0.15) is 22.3 Å². The van der Waals surface area contributed by atoms with Gasteiger partial charge in [0, 0.05) is 54.8 Å². The maximum atomic E-state index is 13.0. The molecule has 0 N–H and O–H groups in total. The molecule has 1 aliphatic rings. The lowest BCUT2D eigenvalue weighted by Gasteiger charge is -2.34. The first-order valence-corrected chi connectivity index (χ1v) is 9.66. The van der Waals surface area contributed by atoms with E-state index in [2.05, 4.69) is 32.4 Å². The Balaban J connectivity index is 1.41. The number of rotatable bonds is 6. The van der Waals surface area contributed by atoms with Crippen LogP contribution in [0, 0.1) is 9.39 Å². The summed E-state index contributed by atoms with van der Waals surface area (Å²) >= 11 is 2.24. The number of carbonyl (C=O) groups excluding carboxylic acids is 1. The van der Waals surface area contributed by atoms with Crippen LogP contribution in [0.15, 0.2) is 48.5 Å². The highest BCUT2D eigenvalue weighted by atomic mass is 127. The minimum Gasteiger partial charge on any atom is -0.300 e. The van der Waals surface area contributed by atoms with E-state index in [9.17, 15) is 9.18 Å². The Kier molecular flexibility index (Phi) is 6.56. The monoisotopic (exact) mass is 452 g/mol. The zero-order valence-corrected chi connectivity index (χ0v) is 16.3. The van der Waals surface area contributed by atoms with Gasteiger partial charge >= 0.3 is 0 Å². The highest BCUT2D eigenvalue weighted by molar-refractivity contribution is 14.1. The Labute approximate surface area is 162 Å². The summed E-state index contributed by atoms with van der Waals surface area (Å²) in [6.45, 7) is 5.58. The number of hydrogen-bond acceptors (Lipinski definition) is 3. The number of carbonyl (C=O) groups is 1. The summed E-state index contributed by atoms with van der Waals surface area (Å²) in [4.78, 5) is 17.0. The average Bonchev–Trinajstić information content (AvgIpc) is 2.63. The van der Waals surface area contributed by atoms with E-state index in [4.69, 9.17) is 0 Å². The van der Waals surface area contributed by atoms with Crippen LogP contribution in [0.4, 0.5) is 4.39 Å². The zero-order valence-electron chi connectivity index (χ0n) is 14.1. The van der Waals surface area contributed by atoms with Gasteiger partial charge < -0.3 is 4.90 Å². The van der Waals surface area contributed by atoms with E-state index in [1.54, 1.807) is 0 Å². The van der Waals surface area contributed by atoms with E-state index in [-0.39, 0.29) is 11.6 Å². The molecule has 0 atom stereocenters. The molecule has 0 aliphatic carbocycles. The maximum absolute atomic E-state index is 13.0. The van der Waals surface area contributed by atoms with Gasteiger partial charge in [0.25, 0.3) is 0 Å². The van der Waals surface area contributed by atoms with Crippen molar-refractivity contribution in [3.8, 4) is 0 Å². The fourth-order valence-corrected chi connectivity index (χ4v) is 3.42. The molecule has 0 saturated carbocycles. The highest BCUT2D eigenvalue weighted by Crippen LogP contribution is 2.12. The standard InChI is InChI=1S/C20H22FIN2O/c21-18-5-1-16(2-6-18)15-24-13-11-23(12-14-24)10-9-20(25)17-3-7-19(22)8-4-17/h1-8H,9-15H2. The van der Waals surface area contributed by atoms with Gasteiger partial charge in [-0.25, -0.2) is 4.39 Å². The average molecular weight is 452 g/mol. The number of halogens is 2. The molecule has 0 spiro atoms. The molecule has 3 rings (SSSR count). The number of nitrogens with zero attached hydrogens (tertiary/aromatic N) is 2. The van der Waals surface area contributed by atoms with Crippen molar-refractivity contribution in [1.82, 2.24) is 9.80 Å². The van der Waals surface area contributed by atoms with E-state index in [1.165, 1.54) is 12.1 Å². The minimum atomic E-state index is -0.189. The molecule has 0 unspecified atom stereocenters. The van der Waals surface area contributed by atoms with Crippen LogP contribution in [0.25, 0.3) is 0 Å². The molecule has 2 aromatic rings. The third-order valence-corrected chi connectivity index (χ3v) is 5.32. The molecule has 0 amide bonds. The van der Waals surface area contributed by atoms with E-state index < -0.39 is 0 Å². The quantitative estimate of drug-likeness (QED) is 0.492. The number of Topliss-reactive ketones (excluding diaryl/α,β-unsaturated/α-hetero) is 1. The third-order valence-electron chi connectivity index (χ3n) is 4.61. The fraction of sp³-hybridized carbons (Fsp3) is 0.350. The topological polar surface area (TPSA) is 23.6 Å². The summed E-state index contributed by atoms with van der Waals surface area (Å²) in [6, 6.07) is 14.5. The van der Waals surface area contributed by atoms with Gasteiger partial charge in [0.2, 0.25) is 0 Å². The van der Waals surface area contributed by atoms with Crippen LogP contribution in [0.2, 0.25) is 0 Å². The Morgan fingerprint density at radius 3 is 2.16 bits per heavy atom. The van der Waals surface area contributed by atoms with Crippen molar-refractivity contribution in [2.24, 2.45) is 0 Å². The SMILES string of the molecule is O=C(CCN1CCN(Cc2ccc(F)cc2)CC1)c1ccc(I)cc1. The normalized spacial score (nSPS) is 16.1. The number of ketones is 1. The molecule has 0 aromatic heterocycles. The lowest BCUT2D eigenvalue weighted by atomic mass is 10.1. The molecule has 25 heavy (non-hydrogen) atoms. The van der Waals surface area contributed by atoms with Gasteiger partial charge in [-0.2, -0.15) is 0 Å². The van der Waals surface area contributed by atoms with Crippen molar-refractivity contribution in [2.45, 2.75) is 13.0 Å². The van der Waals surface area contributed by atoms with Crippen LogP contribution < -0.4 is 0 Å². The second-order valence-corrected chi connectivity index (χ2v) is 7.67. The van der Waals surface area contributed by atoms with E-state index in [1.807, 2.05) is 36.4 Å². The lowest BCUT2D eigenvalue weighted by molar-refractivity contribution is 0.0922. The first kappa shape index (κ1) is 18.5. The summed E-state index contributed by atoms with van der Waals surface area (Å²) in [5.74, 6) is 0.0245. The molecule has 2 aromatic carbocycles. The van der Waals surface area contributed by atoms with Crippen LogP contribution in [-0.4, -0.2) is 48.3 Å². The number of piperazine rings is 1. The van der Waals surface area contributed by atoms with Crippen molar-refractivity contribution < 1.29 is 9.18 Å². The molecule has 0 bridgehead atoms. The largest absolute Gasteiger partial charge is 0.300 e. The van der Waals surface area contributed by atoms with Crippen molar-refractivity contribution >= 4 is 28.4 Å². The van der Waals surface area contributed by atoms with Crippen molar-refractivity contribution in [2.75, 3.05) is 32.7 Å². The fourth-order valence-electron chi connectivity index (χ4n) is 3.06. The Morgan fingerprint density at radius 2 is 1.52 bits per heavy atom. The molecule has 1 saturated heterocycles. The molecule has 1 aliphatic heterocycles. The van der Waals surface area contributed by atoms with E-state index in [0.29, 0.717) is 6.42 Å². The van der Waals surface area contributed by atoms with Gasteiger partial charge in [-0.15, -0.1) is 0 Å². The Morgan fingerprint density at radius 1 is 0.920 bits per heavy atom. The van der Waals surface area contributed by atoms with Gasteiger partial charge in [-0.3, -0.25) is 9.69 Å². The Bertz CT molecular complexity index is 695. The van der Waals surface area contributed by atoms with Gasteiger partial charge in [-0.05, 0) is 52.4 Å². The van der Waals surface area contributed by atoms with Gasteiger partial charge in [0.1, 0.15) is 5.82 Å². The van der Waals surface area contributed by atoms with Crippen LogP contribution >= 0.6 is 22.6 Å². The maximum Gasteiger partial charge on any atom is 0.164 e. The molecule has 132 valence electrons. The van der Waals surface area contributed by atoms with Crippen LogP contribution in [0.5, 0.6) is 0 Å². The van der Waals surface area contributed by atoms with Crippen molar-refractivity contribution in [1.29, 1.82) is 0 Å². The minimum absolute atomic E-state index is 0.189. The predicted molar refractivity (Wildman–Crippen MR) is 106 cm³/mol. The molecule has 5 heteroatoms. The van der Waals surface area contributed by atoms with Crippen LogP contribution in [-0.2, 0) is 6.54 Å². The van der Waals surface area contributed by atoms with Gasteiger partial charge in [0.15, 0.2) is 5.78 Å². The molecule has 1 fully saturated rings. The van der Waals surface area contributed by atoms with Crippen molar-refractivity contribution in [3.63, 3.8) is 0 Å². The van der Waals surface area contributed by atoms with Gasteiger partial charge in [-0.1, -0.05) is 24.3 Å². The smallest absolute Gasteiger partial charge is 0.164 e. The summed E-state index contributed by atoms with van der Waals surface area (Å²) in [5.41, 5.74) is 1.94. The van der Waals surface area contributed by atoms with Crippen molar-refractivity contribution in [3.05, 3.63) is 69.0 Å². The molecule has 1 heterocycles. The van der Waals surface area contributed by atoms with E-state index in [0.717, 1.165) is 54.0 Å². The molecule has 3 nitrogen and oxygen atoms in total. The predicted octanol–water partition coefficient (Wildman–Crippen LogP) is 3.82. The molecular formula is C20H22FIN2O. The van der Waals surface area contributed by atoms with Crippen LogP contribution in [0.3, 0.4) is 0 Å². The molecular weight excluding hydrogens is 430 g/mol. The van der Waals surface area contributed by atoms with Gasteiger partial charge in [0.05, 0.1) is 0 Å². The second kappa shape index (κ2) is 8.87. The highest BCUT2D eigenvalue weighted by Gasteiger charge is 2.18. The third kappa shape index (κ3) is 5.59.